The van der Waals surface area contributed by atoms with Crippen LogP contribution in [0.15, 0.2) is 41.3 Å². The van der Waals surface area contributed by atoms with E-state index in [2.05, 4.69) is 15.6 Å². The molecule has 10 nitrogen and oxygen atoms in total. The van der Waals surface area contributed by atoms with Crippen LogP contribution < -0.4 is 16.3 Å². The Hall–Kier alpha value is -3.95. The van der Waals surface area contributed by atoms with Crippen LogP contribution in [-0.2, 0) is 29.0 Å². The van der Waals surface area contributed by atoms with Crippen molar-refractivity contribution in [2.75, 3.05) is 12.4 Å². The van der Waals surface area contributed by atoms with Crippen LogP contribution in [0.3, 0.4) is 0 Å². The number of imidazole rings is 1. The lowest BCUT2D eigenvalue weighted by atomic mass is 9.95. The lowest BCUT2D eigenvalue weighted by Gasteiger charge is -2.27. The van der Waals surface area contributed by atoms with Crippen molar-refractivity contribution in [3.8, 4) is 0 Å². The quantitative estimate of drug-likeness (QED) is 0.547. The smallest absolute Gasteiger partial charge is 0.325 e. The summed E-state index contributed by atoms with van der Waals surface area (Å²) in [5, 5.41) is 5.29. The largest absolute Gasteiger partial charge is 0.331 e. The Kier molecular flexibility index (Phi) is 5.20. The standard InChI is InChI=1S/C26H28N6O4/c1-30-24(35)29-23(34)26(30)13-16-9-10-18(12-17(16)14-26)28-21(33)15-31-20-8-5-11-27-22(20)32(25(31)36)19-6-3-2-4-7-19/h5,8-12,19H,2-4,6-7,13-15H2,1H3,(H,28,33)(H,29,34,35). The van der Waals surface area contributed by atoms with Crippen LogP contribution in [0.2, 0.25) is 0 Å². The predicted octanol–water partition coefficient (Wildman–Crippen LogP) is 2.36. The van der Waals surface area contributed by atoms with Gasteiger partial charge >= 0.3 is 11.7 Å². The zero-order chi connectivity index (χ0) is 25.0. The van der Waals surface area contributed by atoms with Crippen molar-refractivity contribution >= 4 is 34.7 Å². The van der Waals surface area contributed by atoms with Crippen molar-refractivity contribution in [3.05, 3.63) is 58.1 Å². The normalized spacial score (nSPS) is 21.9. The molecule has 1 aromatic carbocycles. The van der Waals surface area contributed by atoms with E-state index < -0.39 is 11.6 Å². The Morgan fingerprint density at radius 1 is 1.11 bits per heavy atom. The number of rotatable bonds is 4. The second-order valence-electron chi connectivity index (χ2n) is 10.1. The third-order valence-electron chi connectivity index (χ3n) is 8.01. The maximum atomic E-state index is 13.4. The summed E-state index contributed by atoms with van der Waals surface area (Å²) in [6.45, 7) is -0.124. The number of amides is 4. The molecule has 1 saturated carbocycles. The van der Waals surface area contributed by atoms with E-state index in [1.54, 1.807) is 29.9 Å². The van der Waals surface area contributed by atoms with Gasteiger partial charge in [-0.1, -0.05) is 25.3 Å². The molecule has 3 heterocycles. The molecule has 186 valence electrons. The molecule has 3 aromatic rings. The molecule has 2 aromatic heterocycles. The highest BCUT2D eigenvalue weighted by Gasteiger charge is 2.54. The van der Waals surface area contributed by atoms with Gasteiger partial charge in [0, 0.05) is 37.8 Å². The molecule has 2 N–H and O–H groups in total. The average Bonchev–Trinajstić information content (AvgIpc) is 3.46. The molecule has 1 saturated heterocycles. The summed E-state index contributed by atoms with van der Waals surface area (Å²) in [4.78, 5) is 56.9. The lowest BCUT2D eigenvalue weighted by molar-refractivity contribution is -0.125. The highest BCUT2D eigenvalue weighted by atomic mass is 16.2. The molecular formula is C26H28N6O4. The number of nitrogens with one attached hydrogen (secondary N) is 2. The number of benzene rings is 1. The predicted molar refractivity (Wildman–Crippen MR) is 133 cm³/mol. The number of fused-ring (bicyclic) bond motifs is 2. The molecule has 1 atom stereocenters. The Bertz CT molecular complexity index is 1470. The topological polar surface area (TPSA) is 118 Å². The fourth-order valence-corrected chi connectivity index (χ4v) is 6.05. The summed E-state index contributed by atoms with van der Waals surface area (Å²) in [6, 6.07) is 8.84. The van der Waals surface area contributed by atoms with Crippen LogP contribution in [0, 0.1) is 0 Å². The Labute approximate surface area is 207 Å². The van der Waals surface area contributed by atoms with Gasteiger partial charge in [0.25, 0.3) is 5.91 Å². The zero-order valence-electron chi connectivity index (χ0n) is 20.1. The summed E-state index contributed by atoms with van der Waals surface area (Å²) < 4.78 is 3.26. The summed E-state index contributed by atoms with van der Waals surface area (Å²) in [6.07, 6.45) is 7.74. The zero-order valence-corrected chi connectivity index (χ0v) is 20.1. The molecule has 0 radical (unpaired) electrons. The fraction of sp³-hybridized carbons (Fsp3) is 0.423. The van der Waals surface area contributed by atoms with Crippen LogP contribution >= 0.6 is 0 Å². The summed E-state index contributed by atoms with van der Waals surface area (Å²) in [7, 11) is 1.63. The first-order valence-corrected chi connectivity index (χ1v) is 12.4. The van der Waals surface area contributed by atoms with Gasteiger partial charge in [0.15, 0.2) is 5.65 Å². The minimum absolute atomic E-state index is 0.106. The van der Waals surface area contributed by atoms with Gasteiger partial charge < -0.3 is 10.2 Å². The van der Waals surface area contributed by atoms with Crippen molar-refractivity contribution in [1.29, 1.82) is 0 Å². The molecule has 10 heteroatoms. The molecule has 36 heavy (non-hydrogen) atoms. The van der Waals surface area contributed by atoms with Gasteiger partial charge in [0.1, 0.15) is 12.1 Å². The minimum Gasteiger partial charge on any atom is -0.325 e. The van der Waals surface area contributed by atoms with Crippen LogP contribution in [0.5, 0.6) is 0 Å². The van der Waals surface area contributed by atoms with Crippen LogP contribution in [0.25, 0.3) is 11.2 Å². The van der Waals surface area contributed by atoms with Gasteiger partial charge in [0.05, 0.1) is 5.52 Å². The van der Waals surface area contributed by atoms with E-state index in [9.17, 15) is 19.2 Å². The van der Waals surface area contributed by atoms with Gasteiger partial charge in [-0.2, -0.15) is 0 Å². The molecule has 6 rings (SSSR count). The number of hydrogen-bond acceptors (Lipinski definition) is 5. The number of anilines is 1. The molecule has 4 amide bonds. The SMILES string of the molecule is CN1C(=O)NC(=O)C12Cc1ccc(NC(=O)Cn3c(=O)n(C4CCCCC4)c4ncccc43)cc1C2. The van der Waals surface area contributed by atoms with Crippen molar-refractivity contribution in [2.45, 2.75) is 63.1 Å². The van der Waals surface area contributed by atoms with Crippen molar-refractivity contribution in [2.24, 2.45) is 0 Å². The van der Waals surface area contributed by atoms with E-state index in [4.69, 9.17) is 0 Å². The number of likely N-dealkylation sites (N-methyl/N-ethyl adjacent to an activating group) is 1. The number of imide groups is 1. The minimum atomic E-state index is -0.913. The average molecular weight is 489 g/mol. The Morgan fingerprint density at radius 2 is 1.89 bits per heavy atom. The maximum Gasteiger partial charge on any atom is 0.331 e. The van der Waals surface area contributed by atoms with Gasteiger partial charge in [-0.15, -0.1) is 0 Å². The second kappa shape index (κ2) is 8.32. The van der Waals surface area contributed by atoms with E-state index in [1.165, 1.54) is 15.9 Å². The Morgan fingerprint density at radius 3 is 2.64 bits per heavy atom. The van der Waals surface area contributed by atoms with Gasteiger partial charge in [-0.25, -0.2) is 14.6 Å². The lowest BCUT2D eigenvalue weighted by Crippen LogP contribution is -2.48. The van der Waals surface area contributed by atoms with E-state index in [-0.39, 0.29) is 30.1 Å². The molecule has 1 spiro atoms. The summed E-state index contributed by atoms with van der Waals surface area (Å²) in [5.41, 5.74) is 2.63. The number of hydrogen-bond donors (Lipinski definition) is 2. The second-order valence-corrected chi connectivity index (χ2v) is 10.1. The van der Waals surface area contributed by atoms with Crippen LogP contribution in [0.4, 0.5) is 10.5 Å². The third-order valence-corrected chi connectivity index (χ3v) is 8.01. The molecule has 1 unspecified atom stereocenters. The molecule has 0 bridgehead atoms. The van der Waals surface area contributed by atoms with Gasteiger partial charge in [0.2, 0.25) is 5.91 Å². The number of aromatic nitrogens is 3. The maximum absolute atomic E-state index is 13.4. The fourth-order valence-electron chi connectivity index (χ4n) is 6.05. The van der Waals surface area contributed by atoms with Gasteiger partial charge in [-0.05, 0) is 48.2 Å². The third kappa shape index (κ3) is 3.42. The monoisotopic (exact) mass is 488 g/mol. The first-order chi connectivity index (χ1) is 17.4. The number of urea groups is 1. The summed E-state index contributed by atoms with van der Waals surface area (Å²) >= 11 is 0. The molecule has 2 aliphatic carbocycles. The van der Waals surface area contributed by atoms with Crippen molar-refractivity contribution in [1.82, 2.24) is 24.3 Å². The van der Waals surface area contributed by atoms with Gasteiger partial charge in [-0.3, -0.25) is 24.0 Å². The van der Waals surface area contributed by atoms with E-state index in [1.807, 2.05) is 18.2 Å². The van der Waals surface area contributed by atoms with Crippen molar-refractivity contribution in [3.63, 3.8) is 0 Å². The molecule has 1 aliphatic heterocycles. The van der Waals surface area contributed by atoms with Crippen LogP contribution in [-0.4, -0.2) is 49.5 Å². The van der Waals surface area contributed by atoms with E-state index >= 15 is 0 Å². The van der Waals surface area contributed by atoms with Crippen molar-refractivity contribution < 1.29 is 14.4 Å². The highest BCUT2D eigenvalue weighted by Crippen LogP contribution is 2.38. The highest BCUT2D eigenvalue weighted by molar-refractivity contribution is 6.07. The molecule has 2 fully saturated rings. The first-order valence-electron chi connectivity index (χ1n) is 12.4. The molecule has 3 aliphatic rings. The first kappa shape index (κ1) is 22.5. The summed E-state index contributed by atoms with van der Waals surface area (Å²) in [5.74, 6) is -0.610. The number of pyridine rings is 1. The van der Waals surface area contributed by atoms with E-state index in [0.717, 1.165) is 36.8 Å². The van der Waals surface area contributed by atoms with Crippen LogP contribution in [0.1, 0.15) is 49.3 Å². The Balaban J connectivity index is 1.23. The molecular weight excluding hydrogens is 460 g/mol. The number of carbonyl (C=O) groups excluding carboxylic acids is 3. The number of nitrogens with zero attached hydrogens (tertiary/aromatic N) is 4. The number of carbonyl (C=O) groups is 3. The van der Waals surface area contributed by atoms with E-state index in [0.29, 0.717) is 29.7 Å².